The number of hydrogen-bond acceptors (Lipinski definition) is 7. The molecule has 0 spiro atoms. The van der Waals surface area contributed by atoms with Crippen LogP contribution in [0.3, 0.4) is 0 Å². The molecule has 164 valence electrons. The molecule has 3 aromatic rings. The predicted octanol–water partition coefficient (Wildman–Crippen LogP) is 4.80. The molecule has 1 heterocycles. The van der Waals surface area contributed by atoms with Crippen molar-refractivity contribution in [3.05, 3.63) is 70.2 Å². The van der Waals surface area contributed by atoms with Crippen molar-refractivity contribution in [3.63, 3.8) is 0 Å². The number of anilines is 1. The van der Waals surface area contributed by atoms with E-state index in [2.05, 4.69) is 15.5 Å². The third kappa shape index (κ3) is 6.65. The molecule has 1 amide bonds. The third-order valence-corrected chi connectivity index (χ3v) is 5.26. The van der Waals surface area contributed by atoms with Gasteiger partial charge in [-0.3, -0.25) is 10.1 Å². The first-order valence-corrected chi connectivity index (χ1v) is 11.1. The van der Waals surface area contributed by atoms with Gasteiger partial charge in [-0.2, -0.15) is 5.26 Å². The van der Waals surface area contributed by atoms with Gasteiger partial charge >= 0.3 is 0 Å². The molecular weight excluding hydrogens is 424 g/mol. The zero-order valence-corrected chi connectivity index (χ0v) is 18.8. The zero-order chi connectivity index (χ0) is 22.8. The topological polar surface area (TPSA) is 97.1 Å². The molecule has 2 aromatic carbocycles. The SMILES string of the molecule is CCCc1nnc(NC(=O)/C(C#N)=C\c2ccccc2OCCOc2ccc(C)cc2)s1. The highest BCUT2D eigenvalue weighted by atomic mass is 32.1. The number of nitriles is 1. The summed E-state index contributed by atoms with van der Waals surface area (Å²) in [5.41, 5.74) is 1.74. The fraction of sp³-hybridized carbons (Fsp3) is 0.250. The summed E-state index contributed by atoms with van der Waals surface area (Å²) < 4.78 is 11.5. The molecule has 0 fully saturated rings. The highest BCUT2D eigenvalue weighted by Crippen LogP contribution is 2.22. The molecule has 0 saturated carbocycles. The van der Waals surface area contributed by atoms with Crippen LogP contribution in [-0.2, 0) is 11.2 Å². The van der Waals surface area contributed by atoms with Gasteiger partial charge in [-0.05, 0) is 37.6 Å². The second-order valence-electron chi connectivity index (χ2n) is 6.92. The molecule has 3 rings (SSSR count). The standard InChI is InChI=1S/C24H24N4O3S/c1-3-6-22-27-28-24(32-22)26-23(29)19(16-25)15-18-7-4-5-8-21(18)31-14-13-30-20-11-9-17(2)10-12-20/h4-5,7-12,15H,3,6,13-14H2,1-2H3,(H,26,28,29)/b19-15-. The minimum atomic E-state index is -0.538. The van der Waals surface area contributed by atoms with E-state index in [1.54, 1.807) is 12.1 Å². The van der Waals surface area contributed by atoms with Crippen molar-refractivity contribution < 1.29 is 14.3 Å². The Morgan fingerprint density at radius 1 is 1.12 bits per heavy atom. The van der Waals surface area contributed by atoms with E-state index in [0.717, 1.165) is 23.6 Å². The second-order valence-corrected chi connectivity index (χ2v) is 7.98. The Bertz CT molecular complexity index is 1120. The van der Waals surface area contributed by atoms with Crippen molar-refractivity contribution in [1.29, 1.82) is 5.26 Å². The Hall–Kier alpha value is -3.70. The molecule has 0 unspecified atom stereocenters. The number of aromatic nitrogens is 2. The van der Waals surface area contributed by atoms with Crippen LogP contribution >= 0.6 is 11.3 Å². The van der Waals surface area contributed by atoms with Crippen LogP contribution in [0.2, 0.25) is 0 Å². The van der Waals surface area contributed by atoms with Crippen LogP contribution in [0.4, 0.5) is 5.13 Å². The number of ether oxygens (including phenoxy) is 2. The van der Waals surface area contributed by atoms with Crippen LogP contribution < -0.4 is 14.8 Å². The first kappa shape index (κ1) is 23.0. The lowest BCUT2D eigenvalue weighted by atomic mass is 10.1. The van der Waals surface area contributed by atoms with E-state index in [1.807, 2.05) is 56.3 Å². The molecule has 0 bridgehead atoms. The van der Waals surface area contributed by atoms with E-state index in [9.17, 15) is 10.1 Å². The van der Waals surface area contributed by atoms with Gasteiger partial charge in [0.15, 0.2) is 0 Å². The van der Waals surface area contributed by atoms with Crippen molar-refractivity contribution in [1.82, 2.24) is 10.2 Å². The second kappa shape index (κ2) is 11.6. The summed E-state index contributed by atoms with van der Waals surface area (Å²) in [6.07, 6.45) is 3.24. The Morgan fingerprint density at radius 2 is 1.88 bits per heavy atom. The van der Waals surface area contributed by atoms with Gasteiger partial charge in [-0.1, -0.05) is 54.2 Å². The first-order valence-electron chi connectivity index (χ1n) is 10.3. The number of amides is 1. The largest absolute Gasteiger partial charge is 0.490 e. The number of nitrogens with one attached hydrogen (secondary N) is 1. The molecular formula is C24H24N4O3S. The molecule has 0 saturated heterocycles. The summed E-state index contributed by atoms with van der Waals surface area (Å²) in [7, 11) is 0. The summed E-state index contributed by atoms with van der Waals surface area (Å²) in [6, 6.07) is 16.9. The Kier molecular flexibility index (Phi) is 8.35. The zero-order valence-electron chi connectivity index (χ0n) is 18.0. The maximum absolute atomic E-state index is 12.5. The Morgan fingerprint density at radius 3 is 2.62 bits per heavy atom. The lowest BCUT2D eigenvalue weighted by Gasteiger charge is -2.11. The van der Waals surface area contributed by atoms with Crippen LogP contribution in [0, 0.1) is 18.3 Å². The van der Waals surface area contributed by atoms with E-state index in [0.29, 0.717) is 29.7 Å². The maximum Gasteiger partial charge on any atom is 0.268 e. The van der Waals surface area contributed by atoms with Crippen LogP contribution in [0.1, 0.15) is 29.5 Å². The molecule has 0 aliphatic carbocycles. The number of para-hydroxylation sites is 1. The number of carbonyl (C=O) groups excluding carboxylic acids is 1. The highest BCUT2D eigenvalue weighted by Gasteiger charge is 2.14. The molecule has 0 atom stereocenters. The average Bonchev–Trinajstić information content (AvgIpc) is 3.24. The van der Waals surface area contributed by atoms with Gasteiger partial charge in [0.25, 0.3) is 5.91 Å². The summed E-state index contributed by atoms with van der Waals surface area (Å²) in [5, 5.41) is 21.3. The number of hydrogen-bond donors (Lipinski definition) is 1. The number of aryl methyl sites for hydroxylation is 2. The van der Waals surface area contributed by atoms with Crippen LogP contribution in [0.25, 0.3) is 6.08 Å². The number of carbonyl (C=O) groups is 1. The molecule has 0 aliphatic heterocycles. The van der Waals surface area contributed by atoms with Crippen molar-refractivity contribution in [2.24, 2.45) is 0 Å². The minimum absolute atomic E-state index is 0.0517. The molecule has 32 heavy (non-hydrogen) atoms. The van der Waals surface area contributed by atoms with Crippen molar-refractivity contribution in [3.8, 4) is 17.6 Å². The summed E-state index contributed by atoms with van der Waals surface area (Å²) in [6.45, 7) is 4.75. The van der Waals surface area contributed by atoms with Gasteiger partial charge in [-0.15, -0.1) is 10.2 Å². The van der Waals surface area contributed by atoms with Gasteiger partial charge < -0.3 is 9.47 Å². The summed E-state index contributed by atoms with van der Waals surface area (Å²) >= 11 is 1.31. The van der Waals surface area contributed by atoms with Gasteiger partial charge in [0.05, 0.1) is 0 Å². The summed E-state index contributed by atoms with van der Waals surface area (Å²) in [4.78, 5) is 12.5. The first-order chi connectivity index (χ1) is 15.6. The van der Waals surface area contributed by atoms with E-state index in [4.69, 9.17) is 9.47 Å². The Balaban J connectivity index is 1.62. The van der Waals surface area contributed by atoms with Gasteiger partial charge in [-0.25, -0.2) is 0 Å². The lowest BCUT2D eigenvalue weighted by Crippen LogP contribution is -2.13. The van der Waals surface area contributed by atoms with Gasteiger partial charge in [0.1, 0.15) is 41.4 Å². The normalized spacial score (nSPS) is 11.0. The third-order valence-electron chi connectivity index (χ3n) is 4.37. The number of rotatable bonds is 10. The highest BCUT2D eigenvalue weighted by molar-refractivity contribution is 7.15. The number of benzene rings is 2. The van der Waals surface area contributed by atoms with E-state index < -0.39 is 5.91 Å². The molecule has 7 nitrogen and oxygen atoms in total. The van der Waals surface area contributed by atoms with Crippen molar-refractivity contribution in [2.45, 2.75) is 26.7 Å². The van der Waals surface area contributed by atoms with Crippen LogP contribution in [0.5, 0.6) is 11.5 Å². The smallest absolute Gasteiger partial charge is 0.268 e. The average molecular weight is 449 g/mol. The molecule has 0 radical (unpaired) electrons. The molecule has 8 heteroatoms. The van der Waals surface area contributed by atoms with Crippen molar-refractivity contribution >= 4 is 28.5 Å². The minimum Gasteiger partial charge on any atom is -0.490 e. The molecule has 1 aromatic heterocycles. The fourth-order valence-corrected chi connectivity index (χ4v) is 3.60. The van der Waals surface area contributed by atoms with E-state index >= 15 is 0 Å². The Labute approximate surface area is 191 Å². The van der Waals surface area contributed by atoms with E-state index in [-0.39, 0.29) is 5.57 Å². The van der Waals surface area contributed by atoms with E-state index in [1.165, 1.54) is 23.0 Å². The van der Waals surface area contributed by atoms with Gasteiger partial charge in [0.2, 0.25) is 5.13 Å². The monoisotopic (exact) mass is 448 g/mol. The van der Waals surface area contributed by atoms with Gasteiger partial charge in [0, 0.05) is 12.0 Å². The molecule has 1 N–H and O–H groups in total. The predicted molar refractivity (Wildman–Crippen MR) is 125 cm³/mol. The van der Waals surface area contributed by atoms with Crippen LogP contribution in [0.15, 0.2) is 54.1 Å². The van der Waals surface area contributed by atoms with Crippen molar-refractivity contribution in [2.75, 3.05) is 18.5 Å². The van der Waals surface area contributed by atoms with Crippen LogP contribution in [-0.4, -0.2) is 29.3 Å². The fourth-order valence-electron chi connectivity index (χ4n) is 2.76. The quantitative estimate of drug-likeness (QED) is 0.272. The number of nitrogens with zero attached hydrogens (tertiary/aromatic N) is 3. The lowest BCUT2D eigenvalue weighted by molar-refractivity contribution is -0.112. The summed E-state index contributed by atoms with van der Waals surface area (Å²) in [5.74, 6) is 0.792. The maximum atomic E-state index is 12.5. The molecule has 0 aliphatic rings.